The molecule has 7 nitrogen and oxygen atoms in total. The van der Waals surface area contributed by atoms with Gasteiger partial charge in [0.15, 0.2) is 0 Å². The first-order chi connectivity index (χ1) is 19.1. The zero-order valence-corrected chi connectivity index (χ0v) is 23.9. The van der Waals surface area contributed by atoms with Crippen LogP contribution in [0.25, 0.3) is 27.9 Å². The van der Waals surface area contributed by atoms with Gasteiger partial charge < -0.3 is 14.0 Å². The molecule has 2 aromatic heterocycles. The number of nitrogens with zero attached hydrogens (tertiary/aromatic N) is 4. The number of hydroxylamine groups is 1. The first-order valence-corrected chi connectivity index (χ1v) is 14.8. The summed E-state index contributed by atoms with van der Waals surface area (Å²) >= 11 is 3.58. The highest BCUT2D eigenvalue weighted by Crippen LogP contribution is 2.32. The molecule has 2 aromatic carbocycles. The molecule has 2 aliphatic heterocycles. The van der Waals surface area contributed by atoms with Crippen molar-refractivity contribution in [2.75, 3.05) is 32.7 Å². The van der Waals surface area contributed by atoms with E-state index < -0.39 is 5.91 Å². The molecule has 0 aliphatic carbocycles. The Hall–Kier alpha value is -2.91. The molecule has 1 fully saturated rings. The zero-order chi connectivity index (χ0) is 26.8. The van der Waals surface area contributed by atoms with Crippen LogP contribution in [0.4, 0.5) is 0 Å². The van der Waals surface area contributed by atoms with E-state index in [2.05, 4.69) is 83.5 Å². The minimum atomic E-state index is -0.521. The number of likely N-dealkylation sites (tertiary alicyclic amines) is 1. The highest BCUT2D eigenvalue weighted by Gasteiger charge is 2.24. The largest absolute Gasteiger partial charge is 0.346 e. The van der Waals surface area contributed by atoms with Gasteiger partial charge in [0.05, 0.1) is 0 Å². The monoisotopic (exact) mass is 589 g/mol. The maximum absolute atomic E-state index is 11.6. The Bertz CT molecular complexity index is 1510. The summed E-state index contributed by atoms with van der Waals surface area (Å²) in [5, 5.41) is 11.4. The van der Waals surface area contributed by atoms with E-state index in [4.69, 9.17) is 5.21 Å². The first-order valence-electron chi connectivity index (χ1n) is 14.0. The highest BCUT2D eigenvalue weighted by molar-refractivity contribution is 9.10. The highest BCUT2D eigenvalue weighted by atomic mass is 79.9. The predicted molar refractivity (Wildman–Crippen MR) is 160 cm³/mol. The van der Waals surface area contributed by atoms with Crippen LogP contribution in [0.1, 0.15) is 36.1 Å². The zero-order valence-electron chi connectivity index (χ0n) is 22.3. The van der Waals surface area contributed by atoms with Crippen LogP contribution in [0.2, 0.25) is 0 Å². The first kappa shape index (κ1) is 26.3. The molecule has 0 spiro atoms. The van der Waals surface area contributed by atoms with Gasteiger partial charge in [-0.2, -0.15) is 0 Å². The van der Waals surface area contributed by atoms with Crippen LogP contribution in [0.5, 0.6) is 0 Å². The van der Waals surface area contributed by atoms with Crippen molar-refractivity contribution in [3.05, 3.63) is 76.0 Å². The Balaban J connectivity index is 1.25. The molecule has 1 saturated heterocycles. The molecule has 4 aromatic rings. The van der Waals surface area contributed by atoms with Crippen molar-refractivity contribution in [2.24, 2.45) is 0 Å². The van der Waals surface area contributed by atoms with E-state index in [9.17, 15) is 4.79 Å². The van der Waals surface area contributed by atoms with E-state index in [1.165, 1.54) is 71.5 Å². The molecule has 0 unspecified atom stereocenters. The number of piperidine rings is 1. The average Bonchev–Trinajstić information content (AvgIpc) is 3.51. The van der Waals surface area contributed by atoms with Gasteiger partial charge in [-0.3, -0.25) is 14.9 Å². The number of carbonyl (C=O) groups excluding carboxylic acids is 1. The molecule has 0 saturated carbocycles. The Morgan fingerprint density at radius 1 is 0.923 bits per heavy atom. The third-order valence-corrected chi connectivity index (χ3v) is 8.87. The molecular formula is C31H36BrN5O2. The third-order valence-electron chi connectivity index (χ3n) is 8.37. The van der Waals surface area contributed by atoms with E-state index in [0.29, 0.717) is 0 Å². The number of benzene rings is 2. The lowest BCUT2D eigenvalue weighted by atomic mass is 10.0. The summed E-state index contributed by atoms with van der Waals surface area (Å²) in [5.41, 5.74) is 8.07. The number of amides is 1. The van der Waals surface area contributed by atoms with E-state index in [0.717, 1.165) is 55.7 Å². The second kappa shape index (κ2) is 11.7. The summed E-state index contributed by atoms with van der Waals surface area (Å²) in [7, 11) is 0. The van der Waals surface area contributed by atoms with Crippen molar-refractivity contribution >= 4 is 49.7 Å². The fourth-order valence-corrected chi connectivity index (χ4v) is 6.70. The van der Waals surface area contributed by atoms with Crippen molar-refractivity contribution in [2.45, 2.75) is 45.3 Å². The lowest BCUT2D eigenvalue weighted by molar-refractivity contribution is -0.124. The summed E-state index contributed by atoms with van der Waals surface area (Å²) in [4.78, 5) is 16.7. The molecule has 8 heteroatoms. The minimum absolute atomic E-state index is 0.521. The normalized spacial score (nSPS) is 16.9. The molecule has 0 atom stereocenters. The predicted octanol–water partition coefficient (Wildman–Crippen LogP) is 5.42. The Morgan fingerprint density at radius 2 is 1.74 bits per heavy atom. The van der Waals surface area contributed by atoms with Crippen molar-refractivity contribution in [1.29, 1.82) is 0 Å². The van der Waals surface area contributed by atoms with Gasteiger partial charge in [0.25, 0.3) is 5.91 Å². The lowest BCUT2D eigenvalue weighted by Crippen LogP contribution is -2.35. The average molecular weight is 591 g/mol. The van der Waals surface area contributed by atoms with Crippen LogP contribution in [-0.4, -0.2) is 62.8 Å². The van der Waals surface area contributed by atoms with E-state index in [-0.39, 0.29) is 0 Å². The molecule has 2 N–H and O–H groups in total. The summed E-state index contributed by atoms with van der Waals surface area (Å²) in [6.45, 7) is 8.46. The number of rotatable bonds is 8. The SMILES string of the molecule is O=C(/C=C/c1ccc2c(c1)c1c(n2CCN2CCCCC2)CCN(CCn2ccc3cc(Br)ccc32)C1)NO. The van der Waals surface area contributed by atoms with E-state index >= 15 is 0 Å². The smallest absolute Gasteiger partial charge is 0.267 e. The second-order valence-corrected chi connectivity index (χ2v) is 11.7. The van der Waals surface area contributed by atoms with Crippen LogP contribution in [-0.2, 0) is 30.8 Å². The molecule has 2 aliphatic rings. The van der Waals surface area contributed by atoms with E-state index in [1.807, 2.05) is 0 Å². The minimum Gasteiger partial charge on any atom is -0.346 e. The van der Waals surface area contributed by atoms with Crippen molar-refractivity contribution in [3.63, 3.8) is 0 Å². The lowest BCUT2D eigenvalue weighted by Gasteiger charge is -2.30. The summed E-state index contributed by atoms with van der Waals surface area (Å²) in [5.74, 6) is -0.521. The standard InChI is InChI=1S/C31H36BrN5O2/c32-25-6-8-28-24(21-25)10-15-36(28)18-16-35-14-11-30-27(22-35)26-20-23(5-9-31(38)33-39)4-7-29(26)37(30)19-17-34-12-2-1-3-13-34/h4-10,15,20-21,39H,1-3,11-14,16-19,22H2,(H,33,38)/b9-5+. The van der Waals surface area contributed by atoms with Crippen molar-refractivity contribution < 1.29 is 10.0 Å². The Kier molecular flexibility index (Phi) is 7.88. The molecule has 4 heterocycles. The fourth-order valence-electron chi connectivity index (χ4n) is 6.32. The van der Waals surface area contributed by atoms with Gasteiger partial charge in [0.1, 0.15) is 0 Å². The summed E-state index contributed by atoms with van der Waals surface area (Å²) in [6.07, 6.45) is 10.3. The van der Waals surface area contributed by atoms with Gasteiger partial charge in [0.2, 0.25) is 0 Å². The van der Waals surface area contributed by atoms with Crippen molar-refractivity contribution in [1.82, 2.24) is 24.4 Å². The van der Waals surface area contributed by atoms with Crippen LogP contribution in [0.15, 0.2) is 59.2 Å². The summed E-state index contributed by atoms with van der Waals surface area (Å²) < 4.78 is 6.02. The molecule has 39 heavy (non-hydrogen) atoms. The Labute approximate surface area is 237 Å². The van der Waals surface area contributed by atoms with Crippen LogP contribution >= 0.6 is 15.9 Å². The molecule has 204 valence electrons. The molecule has 0 radical (unpaired) electrons. The number of hydrogen-bond donors (Lipinski definition) is 2. The molecular weight excluding hydrogens is 554 g/mol. The second-order valence-electron chi connectivity index (χ2n) is 10.8. The summed E-state index contributed by atoms with van der Waals surface area (Å²) in [6, 6.07) is 15.1. The third kappa shape index (κ3) is 5.70. The number of halogens is 1. The number of aromatic nitrogens is 2. The van der Waals surface area contributed by atoms with Gasteiger partial charge in [0, 0.05) is 89.9 Å². The van der Waals surface area contributed by atoms with Gasteiger partial charge in [-0.05, 0) is 79.5 Å². The van der Waals surface area contributed by atoms with Gasteiger partial charge in [-0.25, -0.2) is 5.48 Å². The van der Waals surface area contributed by atoms with Gasteiger partial charge in [-0.1, -0.05) is 28.4 Å². The van der Waals surface area contributed by atoms with Crippen LogP contribution < -0.4 is 5.48 Å². The van der Waals surface area contributed by atoms with Crippen molar-refractivity contribution in [3.8, 4) is 0 Å². The Morgan fingerprint density at radius 3 is 2.59 bits per heavy atom. The number of carbonyl (C=O) groups is 1. The van der Waals surface area contributed by atoms with Gasteiger partial charge >= 0.3 is 0 Å². The molecule has 6 rings (SSSR count). The number of fused-ring (bicyclic) bond motifs is 4. The molecule has 0 bridgehead atoms. The number of hydrogen-bond acceptors (Lipinski definition) is 4. The van der Waals surface area contributed by atoms with Crippen LogP contribution in [0, 0.1) is 0 Å². The maximum Gasteiger partial charge on any atom is 0.267 e. The quantitative estimate of drug-likeness (QED) is 0.164. The topological polar surface area (TPSA) is 65.7 Å². The number of nitrogens with one attached hydrogen (secondary N) is 1. The molecule has 1 amide bonds. The van der Waals surface area contributed by atoms with Crippen LogP contribution in [0.3, 0.4) is 0 Å². The maximum atomic E-state index is 11.6. The van der Waals surface area contributed by atoms with Gasteiger partial charge in [-0.15, -0.1) is 0 Å². The van der Waals surface area contributed by atoms with E-state index in [1.54, 1.807) is 11.6 Å². The fraction of sp³-hybridized carbons (Fsp3) is 0.387.